The van der Waals surface area contributed by atoms with E-state index in [0.29, 0.717) is 23.1 Å². The van der Waals surface area contributed by atoms with Gasteiger partial charge >= 0.3 is 0 Å². The highest BCUT2D eigenvalue weighted by atomic mass is 32.2. The average Bonchev–Trinajstić information content (AvgIpc) is 2.68. The summed E-state index contributed by atoms with van der Waals surface area (Å²) in [6.45, 7) is 6.40. The summed E-state index contributed by atoms with van der Waals surface area (Å²) in [5.41, 5.74) is 0.607. The standard InChI is InChI=1S/C11H19N3O2S/c1-8-4-5-9(2)14(7-8)17(15,16)11-6-12-13-10(11)3/h6,8-9H,4-5,7H2,1-3H3,(H,12,13). The van der Waals surface area contributed by atoms with Gasteiger partial charge in [-0.25, -0.2) is 8.42 Å². The van der Waals surface area contributed by atoms with Crippen LogP contribution < -0.4 is 0 Å². The van der Waals surface area contributed by atoms with Crippen molar-refractivity contribution in [3.63, 3.8) is 0 Å². The molecule has 0 amide bonds. The molecule has 1 fully saturated rings. The summed E-state index contributed by atoms with van der Waals surface area (Å²) in [6, 6.07) is 0.0745. The molecule has 17 heavy (non-hydrogen) atoms. The van der Waals surface area contributed by atoms with Crippen LogP contribution in [-0.2, 0) is 10.0 Å². The third-order valence-electron chi connectivity index (χ3n) is 3.43. The number of H-pyrrole nitrogens is 1. The quantitative estimate of drug-likeness (QED) is 0.873. The van der Waals surface area contributed by atoms with Crippen molar-refractivity contribution in [2.45, 2.75) is 44.6 Å². The smallest absolute Gasteiger partial charge is 0.246 e. The predicted molar refractivity (Wildman–Crippen MR) is 65.1 cm³/mol. The van der Waals surface area contributed by atoms with Crippen LogP contribution in [0.1, 0.15) is 32.4 Å². The molecule has 1 aromatic heterocycles. The molecule has 1 saturated heterocycles. The zero-order chi connectivity index (χ0) is 12.6. The molecule has 6 heteroatoms. The first-order valence-electron chi connectivity index (χ1n) is 5.94. The summed E-state index contributed by atoms with van der Waals surface area (Å²) in [6.07, 6.45) is 3.42. The second-order valence-electron chi connectivity index (χ2n) is 4.97. The van der Waals surface area contributed by atoms with Crippen LogP contribution in [-0.4, -0.2) is 35.5 Å². The lowest BCUT2D eigenvalue weighted by atomic mass is 9.97. The number of aryl methyl sites for hydroxylation is 1. The Balaban J connectivity index is 2.35. The normalized spacial score (nSPS) is 27.2. The van der Waals surface area contributed by atoms with Crippen LogP contribution in [0.25, 0.3) is 0 Å². The van der Waals surface area contributed by atoms with Crippen LogP contribution >= 0.6 is 0 Å². The monoisotopic (exact) mass is 257 g/mol. The number of aromatic nitrogens is 2. The number of hydrogen-bond acceptors (Lipinski definition) is 3. The highest BCUT2D eigenvalue weighted by molar-refractivity contribution is 7.89. The van der Waals surface area contributed by atoms with Gasteiger partial charge in [-0.05, 0) is 32.6 Å². The van der Waals surface area contributed by atoms with E-state index >= 15 is 0 Å². The van der Waals surface area contributed by atoms with Crippen molar-refractivity contribution in [3.05, 3.63) is 11.9 Å². The highest BCUT2D eigenvalue weighted by Crippen LogP contribution is 2.28. The molecule has 1 aliphatic heterocycles. The van der Waals surface area contributed by atoms with Crippen molar-refractivity contribution >= 4 is 10.0 Å². The topological polar surface area (TPSA) is 66.1 Å². The van der Waals surface area contributed by atoms with E-state index < -0.39 is 10.0 Å². The third kappa shape index (κ3) is 2.24. The molecule has 2 heterocycles. The first kappa shape index (κ1) is 12.6. The minimum atomic E-state index is -3.39. The third-order valence-corrected chi connectivity index (χ3v) is 5.52. The van der Waals surface area contributed by atoms with E-state index in [9.17, 15) is 8.42 Å². The van der Waals surface area contributed by atoms with E-state index in [4.69, 9.17) is 0 Å². The zero-order valence-electron chi connectivity index (χ0n) is 10.5. The first-order valence-corrected chi connectivity index (χ1v) is 7.38. The molecule has 1 N–H and O–H groups in total. The molecular weight excluding hydrogens is 238 g/mol. The van der Waals surface area contributed by atoms with Crippen LogP contribution in [0.3, 0.4) is 0 Å². The lowest BCUT2D eigenvalue weighted by molar-refractivity contribution is 0.218. The second kappa shape index (κ2) is 4.42. The number of nitrogens with zero attached hydrogens (tertiary/aromatic N) is 2. The summed E-state index contributed by atoms with van der Waals surface area (Å²) < 4.78 is 26.6. The van der Waals surface area contributed by atoms with Gasteiger partial charge in [0.25, 0.3) is 0 Å². The number of aromatic amines is 1. The Bertz CT molecular complexity index is 495. The van der Waals surface area contributed by atoms with Crippen LogP contribution in [0, 0.1) is 12.8 Å². The fourth-order valence-corrected chi connectivity index (χ4v) is 4.21. The molecule has 5 nitrogen and oxygen atoms in total. The van der Waals surface area contributed by atoms with Crippen LogP contribution in [0.4, 0.5) is 0 Å². The molecule has 0 radical (unpaired) electrons. The van der Waals surface area contributed by atoms with Gasteiger partial charge in [0.2, 0.25) is 10.0 Å². The highest BCUT2D eigenvalue weighted by Gasteiger charge is 2.34. The summed E-state index contributed by atoms with van der Waals surface area (Å²) in [4.78, 5) is 0.304. The summed E-state index contributed by atoms with van der Waals surface area (Å²) in [5.74, 6) is 0.424. The second-order valence-corrected chi connectivity index (χ2v) is 6.82. The molecule has 1 aromatic rings. The molecule has 0 saturated carbocycles. The van der Waals surface area contributed by atoms with Gasteiger partial charge in [-0.15, -0.1) is 0 Å². The van der Waals surface area contributed by atoms with Crippen LogP contribution in [0.2, 0.25) is 0 Å². The lowest BCUT2D eigenvalue weighted by Crippen LogP contribution is -2.44. The minimum Gasteiger partial charge on any atom is -0.281 e. The van der Waals surface area contributed by atoms with Gasteiger partial charge in [-0.1, -0.05) is 6.92 Å². The number of sulfonamides is 1. The van der Waals surface area contributed by atoms with E-state index in [2.05, 4.69) is 17.1 Å². The Kier molecular flexibility index (Phi) is 3.27. The molecule has 2 unspecified atom stereocenters. The van der Waals surface area contributed by atoms with E-state index in [0.717, 1.165) is 12.8 Å². The van der Waals surface area contributed by atoms with Crippen molar-refractivity contribution in [3.8, 4) is 0 Å². The van der Waals surface area contributed by atoms with Crippen LogP contribution in [0.15, 0.2) is 11.1 Å². The fourth-order valence-electron chi connectivity index (χ4n) is 2.31. The number of hydrogen-bond donors (Lipinski definition) is 1. The number of piperidine rings is 1. The summed E-state index contributed by atoms with van der Waals surface area (Å²) in [7, 11) is -3.39. The zero-order valence-corrected chi connectivity index (χ0v) is 11.3. The van der Waals surface area contributed by atoms with Gasteiger partial charge < -0.3 is 0 Å². The molecule has 0 spiro atoms. The van der Waals surface area contributed by atoms with Gasteiger partial charge in [0, 0.05) is 12.6 Å². The molecule has 1 aliphatic rings. The molecular formula is C11H19N3O2S. The molecule has 0 aliphatic carbocycles. The maximum Gasteiger partial charge on any atom is 0.246 e. The average molecular weight is 257 g/mol. The SMILES string of the molecule is Cc1[nH]ncc1S(=O)(=O)N1CC(C)CCC1C. The maximum absolute atomic E-state index is 12.5. The summed E-state index contributed by atoms with van der Waals surface area (Å²) in [5, 5.41) is 6.48. The number of rotatable bonds is 2. The molecule has 0 bridgehead atoms. The number of nitrogens with one attached hydrogen (secondary N) is 1. The first-order chi connectivity index (χ1) is 7.93. The van der Waals surface area contributed by atoms with Crippen molar-refractivity contribution < 1.29 is 8.42 Å². The maximum atomic E-state index is 12.5. The molecule has 2 atom stereocenters. The largest absolute Gasteiger partial charge is 0.281 e. The Hall–Kier alpha value is -0.880. The van der Waals surface area contributed by atoms with Crippen LogP contribution in [0.5, 0.6) is 0 Å². The molecule has 96 valence electrons. The molecule has 2 rings (SSSR count). The van der Waals surface area contributed by atoms with Crippen molar-refractivity contribution in [1.29, 1.82) is 0 Å². The molecule has 0 aromatic carbocycles. The fraction of sp³-hybridized carbons (Fsp3) is 0.727. The van der Waals surface area contributed by atoms with Gasteiger partial charge in [0.15, 0.2) is 0 Å². The Morgan fingerprint density at radius 2 is 2.12 bits per heavy atom. The van der Waals surface area contributed by atoms with Gasteiger partial charge in [-0.3, -0.25) is 5.10 Å². The van der Waals surface area contributed by atoms with Gasteiger partial charge in [0.05, 0.1) is 11.9 Å². The van der Waals surface area contributed by atoms with E-state index in [-0.39, 0.29) is 6.04 Å². The minimum absolute atomic E-state index is 0.0745. The summed E-state index contributed by atoms with van der Waals surface area (Å²) >= 11 is 0. The van der Waals surface area contributed by atoms with Crippen molar-refractivity contribution in [2.24, 2.45) is 5.92 Å². The van der Waals surface area contributed by atoms with Gasteiger partial charge in [0.1, 0.15) is 4.90 Å². The van der Waals surface area contributed by atoms with E-state index in [1.54, 1.807) is 11.2 Å². The Labute approximate surface area is 102 Å². The van der Waals surface area contributed by atoms with E-state index in [1.807, 2.05) is 6.92 Å². The lowest BCUT2D eigenvalue weighted by Gasteiger charge is -2.35. The van der Waals surface area contributed by atoms with E-state index in [1.165, 1.54) is 6.20 Å². The van der Waals surface area contributed by atoms with Crippen molar-refractivity contribution in [1.82, 2.24) is 14.5 Å². The van der Waals surface area contributed by atoms with Crippen molar-refractivity contribution in [2.75, 3.05) is 6.54 Å². The Morgan fingerprint density at radius 3 is 2.71 bits per heavy atom. The predicted octanol–water partition coefficient (Wildman–Crippen LogP) is 1.53. The van der Waals surface area contributed by atoms with Gasteiger partial charge in [-0.2, -0.15) is 9.40 Å². The Morgan fingerprint density at radius 1 is 1.41 bits per heavy atom.